The van der Waals surface area contributed by atoms with Gasteiger partial charge < -0.3 is 5.11 Å². The topological polar surface area (TPSA) is 36.4 Å². The molecule has 3 nitrogen and oxygen atoms in total. The molecule has 2 rings (SSSR count). The molecule has 0 unspecified atom stereocenters. The highest BCUT2D eigenvalue weighted by Crippen LogP contribution is 2.23. The van der Waals surface area contributed by atoms with Crippen molar-refractivity contribution in [2.24, 2.45) is 0 Å². The predicted octanol–water partition coefficient (Wildman–Crippen LogP) is 1.86. The van der Waals surface area contributed by atoms with Crippen LogP contribution in [0.1, 0.15) is 31.4 Å². The van der Waals surface area contributed by atoms with Crippen molar-refractivity contribution >= 4 is 0 Å². The maximum Gasteiger partial charge on any atom is 0.0558 e. The zero-order chi connectivity index (χ0) is 11.9. The van der Waals surface area contributed by atoms with E-state index in [1.807, 2.05) is 18.3 Å². The Labute approximate surface area is 103 Å². The minimum Gasteiger partial charge on any atom is -0.395 e. The number of aromatic nitrogens is 1. The van der Waals surface area contributed by atoms with Gasteiger partial charge in [-0.05, 0) is 25.0 Å². The van der Waals surface area contributed by atoms with E-state index in [9.17, 15) is 0 Å². The molecule has 0 amide bonds. The van der Waals surface area contributed by atoms with Gasteiger partial charge in [-0.25, -0.2) is 0 Å². The SMILES string of the molecule is OCCN(CCc1ccccn1)C1CCCC1. The van der Waals surface area contributed by atoms with Gasteiger partial charge in [0.15, 0.2) is 0 Å². The van der Waals surface area contributed by atoms with Crippen LogP contribution in [0.5, 0.6) is 0 Å². The normalized spacial score (nSPS) is 16.8. The Balaban J connectivity index is 1.84. The summed E-state index contributed by atoms with van der Waals surface area (Å²) in [6.07, 6.45) is 8.11. The third kappa shape index (κ3) is 3.79. The third-order valence-electron chi connectivity index (χ3n) is 3.61. The molecule has 0 spiro atoms. The molecule has 0 aliphatic heterocycles. The second kappa shape index (κ2) is 6.72. The Morgan fingerprint density at radius 1 is 1.24 bits per heavy atom. The first kappa shape index (κ1) is 12.5. The minimum atomic E-state index is 0.263. The molecule has 1 heterocycles. The van der Waals surface area contributed by atoms with Crippen molar-refractivity contribution in [3.8, 4) is 0 Å². The van der Waals surface area contributed by atoms with Gasteiger partial charge in [0.05, 0.1) is 6.61 Å². The molecule has 1 N–H and O–H groups in total. The van der Waals surface area contributed by atoms with Crippen LogP contribution in [-0.2, 0) is 6.42 Å². The standard InChI is InChI=1S/C14H22N2O/c17-12-11-16(14-6-1-2-7-14)10-8-13-5-3-4-9-15-13/h3-5,9,14,17H,1-2,6-8,10-12H2. The minimum absolute atomic E-state index is 0.263. The summed E-state index contributed by atoms with van der Waals surface area (Å²) in [7, 11) is 0. The molecule has 1 fully saturated rings. The van der Waals surface area contributed by atoms with Gasteiger partial charge in [-0.1, -0.05) is 18.9 Å². The zero-order valence-electron chi connectivity index (χ0n) is 10.4. The first-order valence-electron chi connectivity index (χ1n) is 6.65. The van der Waals surface area contributed by atoms with Gasteiger partial charge in [0.25, 0.3) is 0 Å². The fraction of sp³-hybridized carbons (Fsp3) is 0.643. The summed E-state index contributed by atoms with van der Waals surface area (Å²) < 4.78 is 0. The van der Waals surface area contributed by atoms with Crippen LogP contribution in [-0.4, -0.2) is 40.7 Å². The number of hydrogen-bond acceptors (Lipinski definition) is 3. The number of pyridine rings is 1. The fourth-order valence-corrected chi connectivity index (χ4v) is 2.68. The lowest BCUT2D eigenvalue weighted by Gasteiger charge is -2.27. The largest absolute Gasteiger partial charge is 0.395 e. The van der Waals surface area contributed by atoms with Gasteiger partial charge in [-0.2, -0.15) is 0 Å². The van der Waals surface area contributed by atoms with Crippen molar-refractivity contribution < 1.29 is 5.11 Å². The molecule has 94 valence electrons. The maximum atomic E-state index is 9.14. The van der Waals surface area contributed by atoms with E-state index in [1.165, 1.54) is 25.7 Å². The molecule has 0 radical (unpaired) electrons. The van der Waals surface area contributed by atoms with Gasteiger partial charge in [-0.3, -0.25) is 9.88 Å². The van der Waals surface area contributed by atoms with Crippen LogP contribution in [0.15, 0.2) is 24.4 Å². The summed E-state index contributed by atoms with van der Waals surface area (Å²) in [4.78, 5) is 6.78. The van der Waals surface area contributed by atoms with Crippen LogP contribution in [0.3, 0.4) is 0 Å². The summed E-state index contributed by atoms with van der Waals surface area (Å²) in [5.41, 5.74) is 1.15. The van der Waals surface area contributed by atoms with Crippen molar-refractivity contribution in [2.45, 2.75) is 38.1 Å². The van der Waals surface area contributed by atoms with Crippen LogP contribution in [0.25, 0.3) is 0 Å². The molecule has 0 aromatic carbocycles. The van der Waals surface area contributed by atoms with Gasteiger partial charge in [0.2, 0.25) is 0 Å². The highest BCUT2D eigenvalue weighted by Gasteiger charge is 2.21. The van der Waals surface area contributed by atoms with Gasteiger partial charge in [0.1, 0.15) is 0 Å². The molecule has 1 aliphatic rings. The molecule has 17 heavy (non-hydrogen) atoms. The Hall–Kier alpha value is -0.930. The second-order valence-electron chi connectivity index (χ2n) is 4.77. The molecular formula is C14H22N2O. The summed E-state index contributed by atoms with van der Waals surface area (Å²) in [6.45, 7) is 2.08. The van der Waals surface area contributed by atoms with Crippen LogP contribution in [0, 0.1) is 0 Å². The first-order chi connectivity index (χ1) is 8.40. The van der Waals surface area contributed by atoms with Crippen LogP contribution in [0.4, 0.5) is 0 Å². The highest BCUT2D eigenvalue weighted by atomic mass is 16.3. The predicted molar refractivity (Wildman–Crippen MR) is 68.9 cm³/mol. The number of nitrogens with zero attached hydrogens (tertiary/aromatic N) is 2. The van der Waals surface area contributed by atoms with E-state index in [4.69, 9.17) is 5.11 Å². The molecule has 1 saturated carbocycles. The summed E-state index contributed by atoms with van der Waals surface area (Å²) in [5.74, 6) is 0. The Morgan fingerprint density at radius 3 is 2.71 bits per heavy atom. The molecule has 0 bridgehead atoms. The monoisotopic (exact) mass is 234 g/mol. The molecule has 1 aliphatic carbocycles. The second-order valence-corrected chi connectivity index (χ2v) is 4.77. The first-order valence-corrected chi connectivity index (χ1v) is 6.65. The zero-order valence-corrected chi connectivity index (χ0v) is 10.4. The molecule has 1 aromatic heterocycles. The maximum absolute atomic E-state index is 9.14. The number of aliphatic hydroxyl groups is 1. The summed E-state index contributed by atoms with van der Waals surface area (Å²) in [5, 5.41) is 9.14. The van der Waals surface area contributed by atoms with Crippen molar-refractivity contribution in [1.82, 2.24) is 9.88 Å². The highest BCUT2D eigenvalue weighted by molar-refractivity contribution is 5.03. The summed E-state index contributed by atoms with van der Waals surface area (Å²) >= 11 is 0. The smallest absolute Gasteiger partial charge is 0.0558 e. The molecule has 3 heteroatoms. The van der Waals surface area contributed by atoms with Gasteiger partial charge in [0, 0.05) is 37.4 Å². The Bertz CT molecular complexity index is 309. The fourth-order valence-electron chi connectivity index (χ4n) is 2.68. The van der Waals surface area contributed by atoms with E-state index in [1.54, 1.807) is 0 Å². The lowest BCUT2D eigenvalue weighted by molar-refractivity contribution is 0.153. The van der Waals surface area contributed by atoms with Gasteiger partial charge in [-0.15, -0.1) is 0 Å². The Morgan fingerprint density at radius 2 is 2.06 bits per heavy atom. The van der Waals surface area contributed by atoms with Crippen LogP contribution >= 0.6 is 0 Å². The van der Waals surface area contributed by atoms with E-state index in [-0.39, 0.29) is 6.61 Å². The van der Waals surface area contributed by atoms with E-state index in [2.05, 4.69) is 16.0 Å². The third-order valence-corrected chi connectivity index (χ3v) is 3.61. The molecule has 0 saturated heterocycles. The van der Waals surface area contributed by atoms with Crippen LogP contribution in [0.2, 0.25) is 0 Å². The average Bonchev–Trinajstić information content (AvgIpc) is 2.89. The number of rotatable bonds is 6. The molecule has 1 aromatic rings. The van der Waals surface area contributed by atoms with E-state index in [0.717, 1.165) is 25.2 Å². The lowest BCUT2D eigenvalue weighted by Crippen LogP contribution is -2.37. The van der Waals surface area contributed by atoms with Crippen molar-refractivity contribution in [1.29, 1.82) is 0 Å². The van der Waals surface area contributed by atoms with E-state index in [0.29, 0.717) is 6.04 Å². The van der Waals surface area contributed by atoms with E-state index < -0.39 is 0 Å². The number of aliphatic hydroxyl groups excluding tert-OH is 1. The lowest BCUT2D eigenvalue weighted by atomic mass is 10.2. The molecular weight excluding hydrogens is 212 g/mol. The summed E-state index contributed by atoms with van der Waals surface area (Å²) in [6, 6.07) is 6.75. The van der Waals surface area contributed by atoms with Crippen LogP contribution < -0.4 is 0 Å². The van der Waals surface area contributed by atoms with E-state index >= 15 is 0 Å². The average molecular weight is 234 g/mol. The van der Waals surface area contributed by atoms with Crippen molar-refractivity contribution in [3.05, 3.63) is 30.1 Å². The van der Waals surface area contributed by atoms with Crippen molar-refractivity contribution in [2.75, 3.05) is 19.7 Å². The molecule has 0 atom stereocenters. The number of hydrogen-bond donors (Lipinski definition) is 1. The van der Waals surface area contributed by atoms with Gasteiger partial charge >= 0.3 is 0 Å². The van der Waals surface area contributed by atoms with Crippen molar-refractivity contribution in [3.63, 3.8) is 0 Å². The Kier molecular flexibility index (Phi) is 4.95. The quantitative estimate of drug-likeness (QED) is 0.816.